The van der Waals surface area contributed by atoms with Crippen LogP contribution in [0.5, 0.6) is 0 Å². The zero-order valence-electron chi connectivity index (χ0n) is 35.7. The molecule has 0 aliphatic carbocycles. The van der Waals surface area contributed by atoms with E-state index in [0.717, 1.165) is 70.6 Å². The van der Waals surface area contributed by atoms with Gasteiger partial charge in [0.15, 0.2) is 12.1 Å². The molecule has 0 bridgehead atoms. The molecule has 0 aromatic rings. The summed E-state index contributed by atoms with van der Waals surface area (Å²) in [5, 5.41) is 9.61. The van der Waals surface area contributed by atoms with E-state index in [1.54, 1.807) is 0 Å². The van der Waals surface area contributed by atoms with E-state index in [9.17, 15) is 19.5 Å². The van der Waals surface area contributed by atoms with Gasteiger partial charge < -0.3 is 23.8 Å². The van der Waals surface area contributed by atoms with Gasteiger partial charge in [0.1, 0.15) is 6.61 Å². The van der Waals surface area contributed by atoms with Crippen LogP contribution in [0.4, 0.5) is 0 Å². The van der Waals surface area contributed by atoms with Gasteiger partial charge in [0.05, 0.1) is 34.4 Å². The minimum atomic E-state index is -0.879. The fraction of sp³-hybridized carbons (Fsp3) is 0.804. The second-order valence-corrected chi connectivity index (χ2v) is 16.0. The van der Waals surface area contributed by atoms with E-state index in [1.807, 2.05) is 21.1 Å². The SMILES string of the molecule is CCCCC/C=C/CCCCCCCC(=O)OC(COCCC(C(=O)O)[N+](C)(C)C)COC(=O)CCCCCCC/C=C/C=C/CCCCCCCCC. The highest BCUT2D eigenvalue weighted by atomic mass is 16.6. The highest BCUT2D eigenvalue weighted by Crippen LogP contribution is 2.13. The Morgan fingerprint density at radius 2 is 0.981 bits per heavy atom. The first kappa shape index (κ1) is 51.5. The van der Waals surface area contributed by atoms with Crippen LogP contribution in [-0.2, 0) is 28.6 Å². The van der Waals surface area contributed by atoms with E-state index < -0.39 is 18.1 Å². The molecular formula is C46H84NO7+. The third-order valence-corrected chi connectivity index (χ3v) is 9.79. The topological polar surface area (TPSA) is 99.1 Å². The molecule has 0 radical (unpaired) electrons. The van der Waals surface area contributed by atoms with Gasteiger partial charge in [-0.2, -0.15) is 0 Å². The first-order valence-corrected chi connectivity index (χ1v) is 22.0. The quantitative estimate of drug-likeness (QED) is 0.0219. The van der Waals surface area contributed by atoms with Crippen molar-refractivity contribution in [3.05, 3.63) is 36.5 Å². The van der Waals surface area contributed by atoms with Crippen LogP contribution in [0.25, 0.3) is 0 Å². The fourth-order valence-electron chi connectivity index (χ4n) is 6.31. The number of esters is 2. The lowest BCUT2D eigenvalue weighted by Gasteiger charge is -2.31. The standard InChI is InChI=1S/C46H83NO7/c1-6-8-10-12-14-16-18-20-21-22-23-24-25-27-28-30-32-34-36-44(48)53-41-42(40-52-39-38-43(46(50)51)47(3,4)5)54-45(49)37-35-33-31-29-26-19-17-15-13-11-9-7-2/h15,17,21-24,42-43H,6-14,16,18-20,25-41H2,1-5H3/p+1/b17-15+,22-21+,24-23+. The molecule has 0 spiro atoms. The summed E-state index contributed by atoms with van der Waals surface area (Å²) in [6, 6.07) is -0.617. The smallest absolute Gasteiger partial charge is 0.362 e. The van der Waals surface area contributed by atoms with E-state index in [4.69, 9.17) is 14.2 Å². The molecule has 0 saturated carbocycles. The van der Waals surface area contributed by atoms with Gasteiger partial charge in [-0.3, -0.25) is 9.59 Å². The average molecular weight is 763 g/mol. The molecule has 0 aromatic carbocycles. The number of unbranched alkanes of at least 4 members (excludes halogenated alkanes) is 20. The second-order valence-electron chi connectivity index (χ2n) is 16.0. The molecule has 8 nitrogen and oxygen atoms in total. The number of carboxylic acid groups (broad SMARTS) is 1. The highest BCUT2D eigenvalue weighted by molar-refractivity contribution is 5.72. The van der Waals surface area contributed by atoms with Crippen molar-refractivity contribution in [2.75, 3.05) is 41.0 Å². The van der Waals surface area contributed by atoms with Gasteiger partial charge in [-0.15, -0.1) is 0 Å². The van der Waals surface area contributed by atoms with Crippen molar-refractivity contribution in [2.24, 2.45) is 0 Å². The molecule has 2 atom stereocenters. The van der Waals surface area contributed by atoms with Crippen LogP contribution in [0.1, 0.15) is 187 Å². The third kappa shape index (κ3) is 35.3. The molecular weight excluding hydrogens is 679 g/mol. The molecule has 1 N–H and O–H groups in total. The molecule has 0 saturated heterocycles. The molecule has 0 aliphatic rings. The molecule has 2 unspecified atom stereocenters. The van der Waals surface area contributed by atoms with Crippen LogP contribution in [0, 0.1) is 0 Å². The zero-order valence-corrected chi connectivity index (χ0v) is 35.7. The molecule has 0 fully saturated rings. The van der Waals surface area contributed by atoms with Crippen molar-refractivity contribution in [3.63, 3.8) is 0 Å². The summed E-state index contributed by atoms with van der Waals surface area (Å²) in [4.78, 5) is 36.9. The van der Waals surface area contributed by atoms with E-state index in [-0.39, 0.29) is 36.2 Å². The first-order valence-electron chi connectivity index (χ1n) is 22.0. The van der Waals surface area contributed by atoms with Gasteiger partial charge in [-0.05, 0) is 64.2 Å². The lowest BCUT2D eigenvalue weighted by molar-refractivity contribution is -0.887. The highest BCUT2D eigenvalue weighted by Gasteiger charge is 2.31. The Bertz CT molecular complexity index is 984. The van der Waals surface area contributed by atoms with Gasteiger partial charge in [-0.25, -0.2) is 4.79 Å². The Kier molecular flexibility index (Phi) is 35.8. The third-order valence-electron chi connectivity index (χ3n) is 9.79. The Hall–Kier alpha value is -2.45. The van der Waals surface area contributed by atoms with E-state index in [1.165, 1.54) is 83.5 Å². The molecule has 0 aliphatic heterocycles. The summed E-state index contributed by atoms with van der Waals surface area (Å²) in [6.07, 6.45) is 41.8. The summed E-state index contributed by atoms with van der Waals surface area (Å²) >= 11 is 0. The largest absolute Gasteiger partial charge is 0.477 e. The average Bonchev–Trinajstić information content (AvgIpc) is 3.12. The fourth-order valence-corrected chi connectivity index (χ4v) is 6.31. The van der Waals surface area contributed by atoms with Crippen molar-refractivity contribution in [1.29, 1.82) is 0 Å². The van der Waals surface area contributed by atoms with E-state index in [0.29, 0.717) is 19.3 Å². The van der Waals surface area contributed by atoms with Gasteiger partial charge in [0, 0.05) is 19.3 Å². The van der Waals surface area contributed by atoms with Crippen molar-refractivity contribution >= 4 is 17.9 Å². The van der Waals surface area contributed by atoms with Crippen LogP contribution in [0.15, 0.2) is 36.5 Å². The molecule has 0 rings (SSSR count). The molecule has 0 amide bonds. The number of carbonyl (C=O) groups is 3. The lowest BCUT2D eigenvalue weighted by atomic mass is 10.1. The number of ether oxygens (including phenoxy) is 3. The van der Waals surface area contributed by atoms with Gasteiger partial charge in [-0.1, -0.05) is 140 Å². The monoisotopic (exact) mass is 763 g/mol. The molecule has 314 valence electrons. The second kappa shape index (κ2) is 37.5. The minimum absolute atomic E-state index is 0.0535. The Morgan fingerprint density at radius 3 is 1.48 bits per heavy atom. The zero-order chi connectivity index (χ0) is 40.0. The number of rotatable bonds is 39. The van der Waals surface area contributed by atoms with Crippen LogP contribution >= 0.6 is 0 Å². The summed E-state index contributed by atoms with van der Waals surface area (Å²) in [6.45, 7) is 4.68. The van der Waals surface area contributed by atoms with Crippen LogP contribution in [0.2, 0.25) is 0 Å². The van der Waals surface area contributed by atoms with Crippen molar-refractivity contribution in [3.8, 4) is 0 Å². The number of hydrogen-bond donors (Lipinski definition) is 1. The molecule has 0 aromatic heterocycles. The first-order chi connectivity index (χ1) is 26.1. The maximum Gasteiger partial charge on any atom is 0.362 e. The van der Waals surface area contributed by atoms with Crippen molar-refractivity contribution in [2.45, 2.75) is 199 Å². The normalized spacial score (nSPS) is 13.3. The Labute approximate surface area is 332 Å². The summed E-state index contributed by atoms with van der Waals surface area (Å²) < 4.78 is 17.2. The van der Waals surface area contributed by atoms with Crippen LogP contribution in [-0.4, -0.2) is 80.6 Å². The van der Waals surface area contributed by atoms with Gasteiger partial charge in [0.25, 0.3) is 0 Å². The number of quaternary nitrogens is 1. The van der Waals surface area contributed by atoms with E-state index in [2.05, 4.69) is 50.3 Å². The predicted molar refractivity (Wildman–Crippen MR) is 225 cm³/mol. The maximum absolute atomic E-state index is 12.7. The summed E-state index contributed by atoms with van der Waals surface area (Å²) in [5.41, 5.74) is 0. The van der Waals surface area contributed by atoms with Crippen molar-refractivity contribution < 1.29 is 38.2 Å². The van der Waals surface area contributed by atoms with Crippen molar-refractivity contribution in [1.82, 2.24) is 0 Å². The van der Waals surface area contributed by atoms with Crippen LogP contribution in [0.3, 0.4) is 0 Å². The van der Waals surface area contributed by atoms with E-state index >= 15 is 0 Å². The Morgan fingerprint density at radius 1 is 0.556 bits per heavy atom. The molecule has 8 heteroatoms. The predicted octanol–water partition coefficient (Wildman–Crippen LogP) is 11.9. The number of carboxylic acids is 1. The number of nitrogens with zero attached hydrogens (tertiary/aromatic N) is 1. The molecule has 0 heterocycles. The summed E-state index contributed by atoms with van der Waals surface area (Å²) in [5.74, 6) is -1.50. The number of carbonyl (C=O) groups excluding carboxylic acids is 2. The van der Waals surface area contributed by atoms with Gasteiger partial charge in [0.2, 0.25) is 0 Å². The minimum Gasteiger partial charge on any atom is -0.477 e. The van der Waals surface area contributed by atoms with Crippen LogP contribution < -0.4 is 0 Å². The number of allylic oxidation sites excluding steroid dienone is 6. The Balaban J connectivity index is 4.36. The number of hydrogen-bond acceptors (Lipinski definition) is 6. The lowest BCUT2D eigenvalue weighted by Crippen LogP contribution is -2.50. The maximum atomic E-state index is 12.7. The number of likely N-dealkylation sites (N-methyl/N-ethyl adjacent to an activating group) is 1. The van der Waals surface area contributed by atoms with Gasteiger partial charge >= 0.3 is 17.9 Å². The summed E-state index contributed by atoms with van der Waals surface area (Å²) in [7, 11) is 5.52. The number of aliphatic carboxylic acids is 1. The molecule has 54 heavy (non-hydrogen) atoms.